The van der Waals surface area contributed by atoms with E-state index in [1.807, 2.05) is 4.90 Å². The molecule has 0 aromatic carbocycles. The number of esters is 1. The number of hydrogen-bond donors (Lipinski definition) is 2. The van der Waals surface area contributed by atoms with Gasteiger partial charge in [-0.25, -0.2) is 9.78 Å². The Morgan fingerprint density at radius 2 is 2.05 bits per heavy atom. The summed E-state index contributed by atoms with van der Waals surface area (Å²) in [6, 6.07) is 1.37. The van der Waals surface area contributed by atoms with Crippen LogP contribution in [0.15, 0.2) is 10.9 Å². The molecule has 22 heavy (non-hydrogen) atoms. The summed E-state index contributed by atoms with van der Waals surface area (Å²) in [5, 5.41) is 0.218. The average Bonchev–Trinajstić information content (AvgIpc) is 2.54. The average molecular weight is 303 g/mol. The molecule has 0 saturated carbocycles. The highest BCUT2D eigenvalue weighted by Crippen LogP contribution is 2.19. The first-order valence-corrected chi connectivity index (χ1v) is 7.14. The van der Waals surface area contributed by atoms with Crippen molar-refractivity contribution in [3.8, 4) is 0 Å². The highest BCUT2D eigenvalue weighted by Gasteiger charge is 2.18. The summed E-state index contributed by atoms with van der Waals surface area (Å²) in [6.45, 7) is 1.70. The summed E-state index contributed by atoms with van der Waals surface area (Å²) in [4.78, 5) is 37.1. The van der Waals surface area contributed by atoms with Crippen molar-refractivity contribution in [1.82, 2.24) is 15.0 Å². The third-order valence-electron chi connectivity index (χ3n) is 3.77. The van der Waals surface area contributed by atoms with E-state index < -0.39 is 5.97 Å². The normalized spacial score (nSPS) is 15.0. The summed E-state index contributed by atoms with van der Waals surface area (Å²) < 4.78 is 4.62. The molecule has 1 aliphatic rings. The Balaban J connectivity index is 2.11. The zero-order valence-electron chi connectivity index (χ0n) is 12.3. The number of ether oxygens (including phenoxy) is 1. The number of aromatic nitrogens is 3. The van der Waals surface area contributed by atoms with Crippen LogP contribution >= 0.6 is 0 Å². The molecule has 0 radical (unpaired) electrons. The Kier molecular flexibility index (Phi) is 3.66. The Morgan fingerprint density at radius 3 is 2.73 bits per heavy atom. The van der Waals surface area contributed by atoms with Crippen molar-refractivity contribution in [2.75, 3.05) is 30.8 Å². The molecule has 2 aromatic heterocycles. The Morgan fingerprint density at radius 1 is 1.32 bits per heavy atom. The lowest BCUT2D eigenvalue weighted by Gasteiger charge is -2.26. The fourth-order valence-electron chi connectivity index (χ4n) is 2.60. The van der Waals surface area contributed by atoms with Crippen molar-refractivity contribution in [3.63, 3.8) is 0 Å². The fraction of sp³-hybridized carbons (Fsp3) is 0.429. The second kappa shape index (κ2) is 5.63. The maximum atomic E-state index is 12.3. The zero-order chi connectivity index (χ0) is 15.7. The minimum atomic E-state index is -0.633. The van der Waals surface area contributed by atoms with Gasteiger partial charge in [0.2, 0.25) is 5.95 Å². The van der Waals surface area contributed by atoms with Crippen molar-refractivity contribution >= 4 is 28.8 Å². The summed E-state index contributed by atoms with van der Waals surface area (Å²) in [6.07, 6.45) is 3.32. The second-order valence-corrected chi connectivity index (χ2v) is 5.22. The molecule has 0 bridgehead atoms. The molecule has 3 heterocycles. The molecule has 116 valence electrons. The molecule has 1 saturated heterocycles. The quantitative estimate of drug-likeness (QED) is 0.784. The first kappa shape index (κ1) is 14.3. The summed E-state index contributed by atoms with van der Waals surface area (Å²) in [5.41, 5.74) is 5.71. The number of pyridine rings is 1. The highest BCUT2D eigenvalue weighted by atomic mass is 16.5. The van der Waals surface area contributed by atoms with Crippen LogP contribution in [0, 0.1) is 0 Å². The SMILES string of the molecule is COC(=O)c1cc2c(=O)[nH]c(N3CCCCC3)nc2nc1N. The largest absolute Gasteiger partial charge is 0.465 e. The van der Waals surface area contributed by atoms with Gasteiger partial charge in [-0.2, -0.15) is 4.98 Å². The van der Waals surface area contributed by atoms with E-state index in [2.05, 4.69) is 19.7 Å². The number of piperidine rings is 1. The lowest BCUT2D eigenvalue weighted by atomic mass is 10.1. The van der Waals surface area contributed by atoms with Crippen molar-refractivity contribution < 1.29 is 9.53 Å². The number of carbonyl (C=O) groups excluding carboxylic acids is 1. The third-order valence-corrected chi connectivity index (χ3v) is 3.77. The van der Waals surface area contributed by atoms with Gasteiger partial charge in [0.25, 0.3) is 5.56 Å². The minimum Gasteiger partial charge on any atom is -0.465 e. The Hall–Kier alpha value is -2.64. The number of anilines is 2. The van der Waals surface area contributed by atoms with Crippen LogP contribution in [0.4, 0.5) is 11.8 Å². The monoisotopic (exact) mass is 303 g/mol. The van der Waals surface area contributed by atoms with Crippen molar-refractivity contribution in [2.45, 2.75) is 19.3 Å². The molecule has 2 aromatic rings. The highest BCUT2D eigenvalue weighted by molar-refractivity contribution is 5.97. The number of nitrogen functional groups attached to an aromatic ring is 1. The molecule has 0 spiro atoms. The summed E-state index contributed by atoms with van der Waals surface area (Å²) in [7, 11) is 1.24. The fourth-order valence-corrected chi connectivity index (χ4v) is 2.60. The molecular weight excluding hydrogens is 286 g/mol. The molecule has 8 nitrogen and oxygen atoms in total. The summed E-state index contributed by atoms with van der Waals surface area (Å²) >= 11 is 0. The molecule has 0 unspecified atom stereocenters. The van der Waals surface area contributed by atoms with Crippen molar-refractivity contribution in [1.29, 1.82) is 0 Å². The van der Waals surface area contributed by atoms with Crippen molar-refractivity contribution in [3.05, 3.63) is 22.0 Å². The predicted molar refractivity (Wildman–Crippen MR) is 82.0 cm³/mol. The number of carbonyl (C=O) groups is 1. The van der Waals surface area contributed by atoms with E-state index in [1.165, 1.54) is 19.6 Å². The number of nitrogens with one attached hydrogen (secondary N) is 1. The Labute approximate surface area is 126 Å². The smallest absolute Gasteiger partial charge is 0.341 e. The first-order valence-electron chi connectivity index (χ1n) is 7.14. The second-order valence-electron chi connectivity index (χ2n) is 5.22. The van der Waals surface area contributed by atoms with Gasteiger partial charge in [0.15, 0.2) is 5.65 Å². The van der Waals surface area contributed by atoms with Crippen LogP contribution in [0.25, 0.3) is 11.0 Å². The van der Waals surface area contributed by atoms with Gasteiger partial charge in [-0.05, 0) is 25.3 Å². The molecule has 3 N–H and O–H groups in total. The van der Waals surface area contributed by atoms with E-state index in [9.17, 15) is 9.59 Å². The number of hydrogen-bond acceptors (Lipinski definition) is 7. The van der Waals surface area contributed by atoms with Gasteiger partial charge in [-0.1, -0.05) is 0 Å². The van der Waals surface area contributed by atoms with Gasteiger partial charge < -0.3 is 15.4 Å². The van der Waals surface area contributed by atoms with Crippen LogP contribution in [-0.4, -0.2) is 41.1 Å². The van der Waals surface area contributed by atoms with Crippen molar-refractivity contribution in [2.24, 2.45) is 0 Å². The van der Waals surface area contributed by atoms with E-state index in [4.69, 9.17) is 5.73 Å². The van der Waals surface area contributed by atoms with Crippen LogP contribution in [0.5, 0.6) is 0 Å². The number of fused-ring (bicyclic) bond motifs is 1. The van der Waals surface area contributed by atoms with Crippen LogP contribution < -0.4 is 16.2 Å². The zero-order valence-corrected chi connectivity index (χ0v) is 12.3. The van der Waals surface area contributed by atoms with Crippen LogP contribution in [-0.2, 0) is 4.74 Å². The first-order chi connectivity index (χ1) is 10.6. The molecule has 8 heteroatoms. The topological polar surface area (TPSA) is 114 Å². The molecule has 3 rings (SSSR count). The minimum absolute atomic E-state index is 0.00189. The van der Waals surface area contributed by atoms with Gasteiger partial charge in [0.1, 0.15) is 11.4 Å². The van der Waals surface area contributed by atoms with E-state index in [0.29, 0.717) is 5.95 Å². The van der Waals surface area contributed by atoms with Gasteiger partial charge >= 0.3 is 5.97 Å². The van der Waals surface area contributed by atoms with E-state index in [0.717, 1.165) is 25.9 Å². The lowest BCUT2D eigenvalue weighted by Crippen LogP contribution is -2.32. The molecule has 0 amide bonds. The predicted octanol–water partition coefficient (Wildman–Crippen LogP) is 0.677. The van der Waals surface area contributed by atoms with Crippen LogP contribution in [0.3, 0.4) is 0 Å². The van der Waals surface area contributed by atoms with Crippen LogP contribution in [0.2, 0.25) is 0 Å². The molecule has 1 aliphatic heterocycles. The summed E-state index contributed by atoms with van der Waals surface area (Å²) in [5.74, 6) is -0.136. The van der Waals surface area contributed by atoms with Gasteiger partial charge in [-0.3, -0.25) is 9.78 Å². The number of rotatable bonds is 2. The number of nitrogens with two attached hydrogens (primary N) is 1. The maximum Gasteiger partial charge on any atom is 0.341 e. The van der Waals surface area contributed by atoms with E-state index in [-0.39, 0.29) is 28.0 Å². The number of nitrogens with zero attached hydrogens (tertiary/aromatic N) is 3. The van der Waals surface area contributed by atoms with Gasteiger partial charge in [0, 0.05) is 13.1 Å². The molecule has 1 fully saturated rings. The van der Waals surface area contributed by atoms with E-state index >= 15 is 0 Å². The van der Waals surface area contributed by atoms with Gasteiger partial charge in [0.05, 0.1) is 12.5 Å². The van der Waals surface area contributed by atoms with Crippen LogP contribution in [0.1, 0.15) is 29.6 Å². The number of aromatic amines is 1. The standard InChI is InChI=1S/C14H17N5O3/c1-22-13(21)8-7-9-11(16-10(8)15)17-14(18-12(9)20)19-5-3-2-4-6-19/h7H,2-6H2,1H3,(H3,15,16,17,18,20). The molecule has 0 atom stereocenters. The number of H-pyrrole nitrogens is 1. The molecule has 0 aliphatic carbocycles. The Bertz CT molecular complexity index is 780. The third kappa shape index (κ3) is 2.47. The number of methoxy groups -OCH3 is 1. The molecular formula is C14H17N5O3. The van der Waals surface area contributed by atoms with Gasteiger partial charge in [-0.15, -0.1) is 0 Å². The van der Waals surface area contributed by atoms with E-state index in [1.54, 1.807) is 0 Å². The maximum absolute atomic E-state index is 12.3. The lowest BCUT2D eigenvalue weighted by molar-refractivity contribution is 0.0602.